The SMILES string of the molecule is Cc1ccc(S(=O)(=O)NCc2ccco2)cc1C(=O)OCC(=O)Nc1cccc2ccccc12. The van der Waals surface area contributed by atoms with Gasteiger partial charge in [-0.1, -0.05) is 42.5 Å². The van der Waals surface area contributed by atoms with Gasteiger partial charge in [0, 0.05) is 11.1 Å². The van der Waals surface area contributed by atoms with Gasteiger partial charge in [-0.2, -0.15) is 0 Å². The number of anilines is 1. The van der Waals surface area contributed by atoms with E-state index >= 15 is 0 Å². The number of carbonyl (C=O) groups is 2. The summed E-state index contributed by atoms with van der Waals surface area (Å²) in [6, 6.07) is 20.5. The molecule has 0 aliphatic heterocycles. The van der Waals surface area contributed by atoms with Crippen molar-refractivity contribution in [3.8, 4) is 0 Å². The molecule has 4 aromatic rings. The first kappa shape index (κ1) is 23.2. The number of rotatable bonds is 8. The molecule has 1 amide bonds. The van der Waals surface area contributed by atoms with Crippen LogP contribution in [0.2, 0.25) is 0 Å². The van der Waals surface area contributed by atoms with Crippen LogP contribution < -0.4 is 10.0 Å². The number of amides is 1. The molecule has 2 N–H and O–H groups in total. The molecule has 0 spiro atoms. The van der Waals surface area contributed by atoms with Crippen molar-refractivity contribution in [3.63, 3.8) is 0 Å². The highest BCUT2D eigenvalue weighted by atomic mass is 32.2. The maximum Gasteiger partial charge on any atom is 0.338 e. The molecule has 0 aliphatic carbocycles. The molecular formula is C25H22N2O6S. The molecule has 0 saturated carbocycles. The lowest BCUT2D eigenvalue weighted by Gasteiger charge is -2.11. The van der Waals surface area contributed by atoms with Gasteiger partial charge in [-0.25, -0.2) is 17.9 Å². The number of ether oxygens (including phenoxy) is 1. The summed E-state index contributed by atoms with van der Waals surface area (Å²) in [5.41, 5.74) is 1.18. The normalized spacial score (nSPS) is 11.3. The fourth-order valence-corrected chi connectivity index (χ4v) is 4.40. The zero-order chi connectivity index (χ0) is 24.1. The third-order valence-electron chi connectivity index (χ3n) is 5.15. The molecule has 0 atom stereocenters. The molecule has 0 saturated heterocycles. The Morgan fingerprint density at radius 3 is 2.56 bits per heavy atom. The number of esters is 1. The number of carbonyl (C=O) groups excluding carboxylic acids is 2. The number of sulfonamides is 1. The quantitative estimate of drug-likeness (QED) is 0.370. The Morgan fingerprint density at radius 1 is 0.971 bits per heavy atom. The summed E-state index contributed by atoms with van der Waals surface area (Å²) in [6.45, 7) is 1.10. The van der Waals surface area contributed by atoms with Gasteiger partial charge in [0.05, 0.1) is 23.3 Å². The van der Waals surface area contributed by atoms with Crippen LogP contribution in [0.5, 0.6) is 0 Å². The second kappa shape index (κ2) is 9.90. The van der Waals surface area contributed by atoms with Crippen molar-refractivity contribution in [1.82, 2.24) is 4.72 Å². The molecule has 0 fully saturated rings. The molecule has 1 heterocycles. The van der Waals surface area contributed by atoms with E-state index in [2.05, 4.69) is 10.0 Å². The molecule has 8 nitrogen and oxygen atoms in total. The third kappa shape index (κ3) is 5.33. The Labute approximate surface area is 196 Å². The van der Waals surface area contributed by atoms with Crippen LogP contribution in [0.3, 0.4) is 0 Å². The Morgan fingerprint density at radius 2 is 1.76 bits per heavy atom. The zero-order valence-electron chi connectivity index (χ0n) is 18.3. The van der Waals surface area contributed by atoms with Crippen LogP contribution in [-0.2, 0) is 26.1 Å². The van der Waals surface area contributed by atoms with Crippen LogP contribution in [0.4, 0.5) is 5.69 Å². The fraction of sp³-hybridized carbons (Fsp3) is 0.120. The number of benzene rings is 3. The van der Waals surface area contributed by atoms with Gasteiger partial charge in [0.25, 0.3) is 5.91 Å². The molecule has 174 valence electrons. The number of aryl methyl sites for hydroxylation is 1. The van der Waals surface area contributed by atoms with E-state index in [1.165, 1.54) is 24.5 Å². The Kier molecular flexibility index (Phi) is 6.76. The monoisotopic (exact) mass is 478 g/mol. The molecule has 0 aliphatic rings. The van der Waals surface area contributed by atoms with E-state index in [-0.39, 0.29) is 17.0 Å². The summed E-state index contributed by atoms with van der Waals surface area (Å²) >= 11 is 0. The number of nitrogens with one attached hydrogen (secondary N) is 2. The lowest BCUT2D eigenvalue weighted by Crippen LogP contribution is -2.24. The summed E-state index contributed by atoms with van der Waals surface area (Å²) in [6.07, 6.45) is 1.44. The summed E-state index contributed by atoms with van der Waals surface area (Å²) in [5.74, 6) is -0.854. The van der Waals surface area contributed by atoms with Gasteiger partial charge in [0.15, 0.2) is 6.61 Å². The van der Waals surface area contributed by atoms with Gasteiger partial charge in [-0.15, -0.1) is 0 Å². The van der Waals surface area contributed by atoms with Crippen LogP contribution in [0, 0.1) is 6.92 Å². The topological polar surface area (TPSA) is 115 Å². The van der Waals surface area contributed by atoms with Crippen molar-refractivity contribution in [2.75, 3.05) is 11.9 Å². The first-order valence-electron chi connectivity index (χ1n) is 10.4. The minimum absolute atomic E-state index is 0.0304. The van der Waals surface area contributed by atoms with Crippen molar-refractivity contribution >= 4 is 38.4 Å². The maximum absolute atomic E-state index is 12.6. The number of hydrogen-bond acceptors (Lipinski definition) is 6. The Balaban J connectivity index is 1.42. The van der Waals surface area contributed by atoms with Gasteiger partial charge < -0.3 is 14.5 Å². The second-order valence-corrected chi connectivity index (χ2v) is 9.30. The van der Waals surface area contributed by atoms with Crippen molar-refractivity contribution in [1.29, 1.82) is 0 Å². The minimum Gasteiger partial charge on any atom is -0.468 e. The maximum atomic E-state index is 12.6. The average molecular weight is 479 g/mol. The first-order valence-corrected chi connectivity index (χ1v) is 11.9. The fourth-order valence-electron chi connectivity index (χ4n) is 3.38. The highest BCUT2D eigenvalue weighted by molar-refractivity contribution is 7.89. The van der Waals surface area contributed by atoms with Crippen LogP contribution in [-0.4, -0.2) is 26.9 Å². The van der Waals surface area contributed by atoms with Crippen LogP contribution in [0.15, 0.2) is 88.4 Å². The Bertz CT molecular complexity index is 1440. The zero-order valence-corrected chi connectivity index (χ0v) is 19.1. The number of furan rings is 1. The van der Waals surface area contributed by atoms with E-state index in [0.29, 0.717) is 17.0 Å². The number of hydrogen-bond donors (Lipinski definition) is 2. The molecule has 0 radical (unpaired) electrons. The van der Waals surface area contributed by atoms with Crippen LogP contribution in [0.25, 0.3) is 10.8 Å². The molecular weight excluding hydrogens is 456 g/mol. The van der Waals surface area contributed by atoms with E-state index in [1.54, 1.807) is 25.1 Å². The van der Waals surface area contributed by atoms with Crippen molar-refractivity contribution < 1.29 is 27.2 Å². The lowest BCUT2D eigenvalue weighted by atomic mass is 10.1. The van der Waals surface area contributed by atoms with Gasteiger partial charge in [-0.05, 0) is 48.2 Å². The largest absolute Gasteiger partial charge is 0.468 e. The van der Waals surface area contributed by atoms with Gasteiger partial charge in [0.2, 0.25) is 10.0 Å². The van der Waals surface area contributed by atoms with Gasteiger partial charge in [0.1, 0.15) is 5.76 Å². The van der Waals surface area contributed by atoms with Gasteiger partial charge >= 0.3 is 5.97 Å². The third-order valence-corrected chi connectivity index (χ3v) is 6.55. The number of fused-ring (bicyclic) bond motifs is 1. The average Bonchev–Trinajstić information content (AvgIpc) is 3.36. The van der Waals surface area contributed by atoms with E-state index in [1.807, 2.05) is 36.4 Å². The molecule has 3 aromatic carbocycles. The molecule has 9 heteroatoms. The summed E-state index contributed by atoms with van der Waals surface area (Å²) in [7, 11) is -3.90. The van der Waals surface area contributed by atoms with Crippen molar-refractivity contribution in [2.24, 2.45) is 0 Å². The van der Waals surface area contributed by atoms with Crippen molar-refractivity contribution in [2.45, 2.75) is 18.4 Å². The molecule has 1 aromatic heterocycles. The van der Waals surface area contributed by atoms with E-state index in [4.69, 9.17) is 9.15 Å². The lowest BCUT2D eigenvalue weighted by molar-refractivity contribution is -0.119. The predicted octanol–water partition coefficient (Wildman–Crippen LogP) is 4.02. The summed E-state index contributed by atoms with van der Waals surface area (Å²) < 4.78 is 37.9. The first-order chi connectivity index (χ1) is 16.3. The van der Waals surface area contributed by atoms with Crippen molar-refractivity contribution in [3.05, 3.63) is 95.9 Å². The molecule has 0 unspecified atom stereocenters. The van der Waals surface area contributed by atoms with E-state index in [0.717, 1.165) is 10.8 Å². The Hall–Kier alpha value is -3.95. The van der Waals surface area contributed by atoms with E-state index in [9.17, 15) is 18.0 Å². The molecule has 34 heavy (non-hydrogen) atoms. The molecule has 4 rings (SSSR count). The highest BCUT2D eigenvalue weighted by Gasteiger charge is 2.20. The standard InChI is InChI=1S/C25H22N2O6S/c1-17-11-12-20(34(30,31)26-15-19-8-5-13-32-19)14-22(17)25(29)33-16-24(28)27-23-10-4-7-18-6-2-3-9-21(18)23/h2-14,26H,15-16H2,1H3,(H,27,28). The summed E-state index contributed by atoms with van der Waals surface area (Å²) in [4.78, 5) is 24.9. The van der Waals surface area contributed by atoms with Crippen LogP contribution >= 0.6 is 0 Å². The smallest absolute Gasteiger partial charge is 0.338 e. The second-order valence-electron chi connectivity index (χ2n) is 7.53. The van der Waals surface area contributed by atoms with E-state index < -0.39 is 28.5 Å². The van der Waals surface area contributed by atoms with Gasteiger partial charge in [-0.3, -0.25) is 4.79 Å². The predicted molar refractivity (Wildman–Crippen MR) is 127 cm³/mol. The minimum atomic E-state index is -3.90. The molecule has 0 bridgehead atoms. The van der Waals surface area contributed by atoms with Crippen LogP contribution in [0.1, 0.15) is 21.7 Å². The summed E-state index contributed by atoms with van der Waals surface area (Å²) in [5, 5.41) is 4.57. The highest BCUT2D eigenvalue weighted by Crippen LogP contribution is 2.23.